The van der Waals surface area contributed by atoms with Crippen LogP contribution in [0.3, 0.4) is 0 Å². The lowest BCUT2D eigenvalue weighted by Crippen LogP contribution is -2.41. The van der Waals surface area contributed by atoms with Gasteiger partial charge in [-0.1, -0.05) is 0 Å². The number of nitrogens with zero attached hydrogens (tertiary/aromatic N) is 2. The van der Waals surface area contributed by atoms with E-state index in [2.05, 4.69) is 20.4 Å². The topological polar surface area (TPSA) is 97.3 Å². The Morgan fingerprint density at radius 2 is 1.57 bits per heavy atom. The molecule has 0 rings (SSSR count). The third-order valence-electron chi connectivity index (χ3n) is 3.81. The Bertz CT molecular complexity index is 291. The van der Waals surface area contributed by atoms with Crippen molar-refractivity contribution < 1.29 is 19.7 Å². The second kappa shape index (κ2) is 14.8. The molecule has 0 saturated heterocycles. The molecule has 0 saturated carbocycles. The van der Waals surface area contributed by atoms with Crippen molar-refractivity contribution in [3.8, 4) is 0 Å². The molecule has 0 aliphatic heterocycles. The molecule has 0 heterocycles. The summed E-state index contributed by atoms with van der Waals surface area (Å²) in [4.78, 5) is 15.6. The summed E-state index contributed by atoms with van der Waals surface area (Å²) in [6, 6.07) is 0. The van der Waals surface area contributed by atoms with Gasteiger partial charge in [0.1, 0.15) is 6.23 Å². The first-order valence-corrected chi connectivity index (χ1v) is 8.18. The number of ether oxygens (including phenoxy) is 1. The van der Waals surface area contributed by atoms with E-state index in [0.717, 1.165) is 26.1 Å². The van der Waals surface area contributed by atoms with Crippen molar-refractivity contribution in [2.45, 2.75) is 19.1 Å². The fourth-order valence-corrected chi connectivity index (χ4v) is 2.30. The fraction of sp³-hybridized carbons (Fsp3) is 0.933. The summed E-state index contributed by atoms with van der Waals surface area (Å²) < 4.78 is 5.28. The van der Waals surface area contributed by atoms with Gasteiger partial charge in [-0.15, -0.1) is 0 Å². The molecule has 1 atom stereocenters. The first-order chi connectivity index (χ1) is 11.1. The lowest BCUT2D eigenvalue weighted by molar-refractivity contribution is -0.121. The van der Waals surface area contributed by atoms with E-state index in [9.17, 15) is 9.90 Å². The molecule has 0 spiro atoms. The predicted octanol–water partition coefficient (Wildman–Crippen LogP) is -1.71. The standard InChI is InChI=1S/C15H34N4O4/c1-16-14(22)4-6-18(10-12-20)8-9-19(11-13-21)7-5-15(17-2)23-3/h15,17,20-21H,4-13H2,1-3H3,(H,16,22). The van der Waals surface area contributed by atoms with E-state index < -0.39 is 0 Å². The minimum absolute atomic E-state index is 0.00186. The SMILES string of the molecule is CNC(=O)CCN(CCO)CCN(CCO)CCC(NC)OC. The van der Waals surface area contributed by atoms with Crippen LogP contribution in [0, 0.1) is 0 Å². The maximum Gasteiger partial charge on any atom is 0.221 e. The molecule has 0 bridgehead atoms. The normalized spacial score (nSPS) is 12.8. The summed E-state index contributed by atoms with van der Waals surface area (Å²) in [6.45, 7) is 4.26. The van der Waals surface area contributed by atoms with Crippen LogP contribution in [-0.4, -0.2) is 106 Å². The molecule has 0 aliphatic rings. The number of carbonyl (C=O) groups excluding carboxylic acids is 1. The highest BCUT2D eigenvalue weighted by molar-refractivity contribution is 5.75. The molecular weight excluding hydrogens is 300 g/mol. The lowest BCUT2D eigenvalue weighted by Gasteiger charge is -2.28. The van der Waals surface area contributed by atoms with Gasteiger partial charge >= 0.3 is 0 Å². The summed E-state index contributed by atoms with van der Waals surface area (Å²) in [7, 11) is 5.14. The van der Waals surface area contributed by atoms with E-state index in [1.54, 1.807) is 14.2 Å². The summed E-state index contributed by atoms with van der Waals surface area (Å²) in [5.74, 6) is -0.00268. The van der Waals surface area contributed by atoms with Crippen LogP contribution >= 0.6 is 0 Å². The van der Waals surface area contributed by atoms with Crippen LogP contribution in [0.4, 0.5) is 0 Å². The fourth-order valence-electron chi connectivity index (χ4n) is 2.30. The van der Waals surface area contributed by atoms with Gasteiger partial charge in [-0.25, -0.2) is 0 Å². The summed E-state index contributed by atoms with van der Waals surface area (Å²) in [6.07, 6.45) is 1.24. The Morgan fingerprint density at radius 1 is 1.00 bits per heavy atom. The number of hydrogen-bond donors (Lipinski definition) is 4. The Morgan fingerprint density at radius 3 is 2.00 bits per heavy atom. The molecule has 4 N–H and O–H groups in total. The zero-order valence-corrected chi connectivity index (χ0v) is 14.8. The molecule has 1 amide bonds. The van der Waals surface area contributed by atoms with Crippen LogP contribution in [0.2, 0.25) is 0 Å². The smallest absolute Gasteiger partial charge is 0.221 e. The maximum atomic E-state index is 11.3. The summed E-state index contributed by atoms with van der Waals surface area (Å²) in [5, 5.41) is 24.0. The Balaban J connectivity index is 4.27. The number of rotatable bonds is 15. The van der Waals surface area contributed by atoms with Gasteiger partial charge in [-0.05, 0) is 13.5 Å². The van der Waals surface area contributed by atoms with Crippen LogP contribution in [0.5, 0.6) is 0 Å². The number of amides is 1. The van der Waals surface area contributed by atoms with Gasteiger partial charge in [-0.2, -0.15) is 0 Å². The van der Waals surface area contributed by atoms with Crippen molar-refractivity contribution in [1.82, 2.24) is 20.4 Å². The third-order valence-corrected chi connectivity index (χ3v) is 3.81. The number of carbonyl (C=O) groups is 1. The number of hydrogen-bond acceptors (Lipinski definition) is 7. The molecule has 23 heavy (non-hydrogen) atoms. The van der Waals surface area contributed by atoms with Gasteiger partial charge in [0.05, 0.1) is 13.2 Å². The van der Waals surface area contributed by atoms with E-state index in [1.807, 2.05) is 7.05 Å². The van der Waals surface area contributed by atoms with Gasteiger partial charge < -0.3 is 20.3 Å². The van der Waals surface area contributed by atoms with Crippen molar-refractivity contribution >= 4 is 5.91 Å². The van der Waals surface area contributed by atoms with Gasteiger partial charge in [0.2, 0.25) is 5.91 Å². The number of aliphatic hydroxyl groups excluding tert-OH is 2. The molecule has 8 heteroatoms. The van der Waals surface area contributed by atoms with Gasteiger partial charge in [0, 0.05) is 59.8 Å². The van der Waals surface area contributed by atoms with Gasteiger partial charge in [0.15, 0.2) is 0 Å². The van der Waals surface area contributed by atoms with Gasteiger partial charge in [0.25, 0.3) is 0 Å². The van der Waals surface area contributed by atoms with Crippen LogP contribution in [0.25, 0.3) is 0 Å². The van der Waals surface area contributed by atoms with E-state index >= 15 is 0 Å². The molecule has 0 radical (unpaired) electrons. The highest BCUT2D eigenvalue weighted by Crippen LogP contribution is 1.99. The van der Waals surface area contributed by atoms with E-state index in [0.29, 0.717) is 26.1 Å². The van der Waals surface area contributed by atoms with Gasteiger partial charge in [-0.3, -0.25) is 19.9 Å². The number of aliphatic hydroxyl groups is 2. The lowest BCUT2D eigenvalue weighted by atomic mass is 10.3. The van der Waals surface area contributed by atoms with Crippen LogP contribution in [0.1, 0.15) is 12.8 Å². The quantitative estimate of drug-likeness (QED) is 0.265. The molecule has 8 nitrogen and oxygen atoms in total. The van der Waals surface area contributed by atoms with Crippen molar-refractivity contribution in [2.75, 3.05) is 73.7 Å². The molecule has 138 valence electrons. The second-order valence-corrected chi connectivity index (χ2v) is 5.36. The predicted molar refractivity (Wildman–Crippen MR) is 90.2 cm³/mol. The Labute approximate surface area is 139 Å². The average molecular weight is 334 g/mol. The van der Waals surface area contributed by atoms with E-state index in [4.69, 9.17) is 9.84 Å². The van der Waals surface area contributed by atoms with Crippen LogP contribution < -0.4 is 10.6 Å². The van der Waals surface area contributed by atoms with E-state index in [1.165, 1.54) is 0 Å². The molecular formula is C15H34N4O4. The van der Waals surface area contributed by atoms with E-state index in [-0.39, 0.29) is 25.3 Å². The van der Waals surface area contributed by atoms with Crippen molar-refractivity contribution in [3.63, 3.8) is 0 Å². The number of methoxy groups -OCH3 is 1. The highest BCUT2D eigenvalue weighted by Gasteiger charge is 2.12. The summed E-state index contributed by atoms with van der Waals surface area (Å²) in [5.41, 5.74) is 0. The average Bonchev–Trinajstić information content (AvgIpc) is 2.57. The molecule has 0 aromatic heterocycles. The molecule has 1 unspecified atom stereocenters. The first kappa shape index (κ1) is 22.2. The maximum absolute atomic E-state index is 11.3. The minimum atomic E-state index is -0.00268. The Hall–Kier alpha value is -0.770. The minimum Gasteiger partial charge on any atom is -0.395 e. The largest absolute Gasteiger partial charge is 0.395 e. The molecule has 0 aromatic rings. The molecule has 0 aromatic carbocycles. The third kappa shape index (κ3) is 11.4. The molecule has 0 aliphatic carbocycles. The van der Waals surface area contributed by atoms with Crippen LogP contribution in [0.15, 0.2) is 0 Å². The molecule has 0 fully saturated rings. The van der Waals surface area contributed by atoms with Crippen molar-refractivity contribution in [1.29, 1.82) is 0 Å². The van der Waals surface area contributed by atoms with Crippen molar-refractivity contribution in [3.05, 3.63) is 0 Å². The first-order valence-electron chi connectivity index (χ1n) is 8.18. The highest BCUT2D eigenvalue weighted by atomic mass is 16.5. The van der Waals surface area contributed by atoms with Crippen LogP contribution in [-0.2, 0) is 9.53 Å². The monoisotopic (exact) mass is 334 g/mol. The Kier molecular flexibility index (Phi) is 14.3. The second-order valence-electron chi connectivity index (χ2n) is 5.36. The zero-order valence-electron chi connectivity index (χ0n) is 14.8. The number of nitrogens with one attached hydrogen (secondary N) is 2. The van der Waals surface area contributed by atoms with Crippen molar-refractivity contribution in [2.24, 2.45) is 0 Å². The summed E-state index contributed by atoms with van der Waals surface area (Å²) >= 11 is 0. The zero-order chi connectivity index (χ0) is 17.5.